The number of thiocarbonyl (C=S) groups is 1. The van der Waals surface area contributed by atoms with Gasteiger partial charge in [-0.05, 0) is 5.56 Å². The zero-order valence-electron chi connectivity index (χ0n) is 9.13. The van der Waals surface area contributed by atoms with Crippen LogP contribution in [-0.4, -0.2) is 15.0 Å². The Bertz CT molecular complexity index is 513. The Kier molecular flexibility index (Phi) is 3.62. The van der Waals surface area contributed by atoms with Crippen LogP contribution in [0.25, 0.3) is 0 Å². The van der Waals surface area contributed by atoms with E-state index < -0.39 is 0 Å². The van der Waals surface area contributed by atoms with Gasteiger partial charge in [-0.1, -0.05) is 42.5 Å². The Morgan fingerprint density at radius 3 is 2.76 bits per heavy atom. The number of rotatable bonds is 4. The molecule has 0 aliphatic carbocycles. The van der Waals surface area contributed by atoms with Gasteiger partial charge in [-0.3, -0.25) is 0 Å². The third-order valence-electron chi connectivity index (χ3n) is 2.28. The molecule has 0 radical (unpaired) electrons. The molecule has 4 nitrogen and oxygen atoms in total. The van der Waals surface area contributed by atoms with Crippen LogP contribution in [0.1, 0.15) is 11.1 Å². The van der Waals surface area contributed by atoms with E-state index in [9.17, 15) is 0 Å². The number of nitrogens with two attached hydrogens (primary N) is 1. The molecule has 0 spiro atoms. The van der Waals surface area contributed by atoms with Crippen LogP contribution in [0.2, 0.25) is 0 Å². The highest BCUT2D eigenvalue weighted by Gasteiger charge is 2.05. The van der Waals surface area contributed by atoms with Crippen molar-refractivity contribution < 1.29 is 0 Å². The SMILES string of the molecule is NC(=S)c1cncnc1NCc1ccccc1. The van der Waals surface area contributed by atoms with Crippen molar-refractivity contribution in [3.05, 3.63) is 54.0 Å². The third-order valence-corrected chi connectivity index (χ3v) is 2.50. The van der Waals surface area contributed by atoms with Gasteiger partial charge in [-0.2, -0.15) is 0 Å². The molecule has 0 saturated carbocycles. The molecule has 3 N–H and O–H groups in total. The molecule has 86 valence electrons. The van der Waals surface area contributed by atoms with Gasteiger partial charge in [0, 0.05) is 12.7 Å². The van der Waals surface area contributed by atoms with Gasteiger partial charge in [0.15, 0.2) is 0 Å². The van der Waals surface area contributed by atoms with Gasteiger partial charge < -0.3 is 11.1 Å². The maximum atomic E-state index is 5.59. The van der Waals surface area contributed by atoms with Gasteiger partial charge in [0.25, 0.3) is 0 Å². The number of aromatic nitrogens is 2. The van der Waals surface area contributed by atoms with Crippen LogP contribution < -0.4 is 11.1 Å². The Labute approximate surface area is 105 Å². The molecule has 0 bridgehead atoms. The fourth-order valence-electron chi connectivity index (χ4n) is 1.43. The first-order valence-corrected chi connectivity index (χ1v) is 5.56. The number of hydrogen-bond donors (Lipinski definition) is 2. The summed E-state index contributed by atoms with van der Waals surface area (Å²) in [6.07, 6.45) is 3.08. The molecule has 2 aromatic rings. The third kappa shape index (κ3) is 2.98. The lowest BCUT2D eigenvalue weighted by atomic mass is 10.2. The highest BCUT2D eigenvalue weighted by atomic mass is 32.1. The van der Waals surface area contributed by atoms with E-state index >= 15 is 0 Å². The van der Waals surface area contributed by atoms with Gasteiger partial charge in [-0.15, -0.1) is 0 Å². The Morgan fingerprint density at radius 2 is 2.06 bits per heavy atom. The van der Waals surface area contributed by atoms with E-state index in [4.69, 9.17) is 18.0 Å². The molecule has 0 unspecified atom stereocenters. The number of anilines is 1. The minimum Gasteiger partial charge on any atom is -0.389 e. The molecule has 0 amide bonds. The molecule has 0 saturated heterocycles. The zero-order valence-corrected chi connectivity index (χ0v) is 9.95. The molecular weight excluding hydrogens is 232 g/mol. The van der Waals surface area contributed by atoms with Gasteiger partial charge >= 0.3 is 0 Å². The number of benzene rings is 1. The molecule has 1 heterocycles. The highest BCUT2D eigenvalue weighted by molar-refractivity contribution is 7.80. The van der Waals surface area contributed by atoms with Gasteiger partial charge in [0.2, 0.25) is 0 Å². The normalized spacial score (nSPS) is 9.88. The van der Waals surface area contributed by atoms with Crippen molar-refractivity contribution in [1.82, 2.24) is 9.97 Å². The molecule has 0 atom stereocenters. The van der Waals surface area contributed by atoms with Crippen LogP contribution in [0.15, 0.2) is 42.9 Å². The van der Waals surface area contributed by atoms with Crippen LogP contribution in [0.5, 0.6) is 0 Å². The van der Waals surface area contributed by atoms with E-state index in [2.05, 4.69) is 15.3 Å². The minimum absolute atomic E-state index is 0.293. The van der Waals surface area contributed by atoms with Gasteiger partial charge in [0.05, 0.1) is 5.56 Å². The lowest BCUT2D eigenvalue weighted by Crippen LogP contribution is -2.14. The standard InChI is InChI=1S/C12H12N4S/c13-11(17)10-7-14-8-16-12(10)15-6-9-4-2-1-3-5-9/h1-5,7-8H,6H2,(H2,13,17)(H,14,15,16). The quantitative estimate of drug-likeness (QED) is 0.802. The molecule has 17 heavy (non-hydrogen) atoms. The summed E-state index contributed by atoms with van der Waals surface area (Å²) in [5.74, 6) is 0.663. The summed E-state index contributed by atoms with van der Waals surface area (Å²) in [6, 6.07) is 10.0. The number of hydrogen-bond acceptors (Lipinski definition) is 4. The molecule has 0 aliphatic rings. The molecule has 0 aliphatic heterocycles. The second kappa shape index (κ2) is 5.36. The topological polar surface area (TPSA) is 63.8 Å². The molecule has 1 aromatic heterocycles. The lowest BCUT2D eigenvalue weighted by Gasteiger charge is -2.09. The Morgan fingerprint density at radius 1 is 1.29 bits per heavy atom. The first-order valence-electron chi connectivity index (χ1n) is 5.15. The van der Waals surface area contributed by atoms with Gasteiger partial charge in [0.1, 0.15) is 17.1 Å². The molecule has 1 aromatic carbocycles. The van der Waals surface area contributed by atoms with Crippen molar-refractivity contribution in [2.24, 2.45) is 5.73 Å². The van der Waals surface area contributed by atoms with Gasteiger partial charge in [-0.25, -0.2) is 9.97 Å². The van der Waals surface area contributed by atoms with E-state index in [0.29, 0.717) is 22.9 Å². The molecular formula is C12H12N4S. The maximum absolute atomic E-state index is 5.59. The fraction of sp³-hybridized carbons (Fsp3) is 0.0833. The first kappa shape index (κ1) is 11.5. The predicted molar refractivity (Wildman–Crippen MR) is 71.7 cm³/mol. The van der Waals surface area contributed by atoms with Crippen LogP contribution in [-0.2, 0) is 6.54 Å². The summed E-state index contributed by atoms with van der Waals surface area (Å²) in [6.45, 7) is 0.674. The summed E-state index contributed by atoms with van der Waals surface area (Å²) in [5, 5.41) is 3.19. The van der Waals surface area contributed by atoms with Crippen LogP contribution in [0.3, 0.4) is 0 Å². The van der Waals surface area contributed by atoms with E-state index in [1.54, 1.807) is 6.20 Å². The predicted octanol–water partition coefficient (Wildman–Crippen LogP) is 1.72. The van der Waals surface area contributed by atoms with Crippen LogP contribution in [0.4, 0.5) is 5.82 Å². The van der Waals surface area contributed by atoms with E-state index in [1.807, 2.05) is 30.3 Å². The second-order valence-corrected chi connectivity index (χ2v) is 3.93. The van der Waals surface area contributed by atoms with Crippen molar-refractivity contribution in [2.75, 3.05) is 5.32 Å². The van der Waals surface area contributed by atoms with E-state index in [0.717, 1.165) is 0 Å². The fourth-order valence-corrected chi connectivity index (χ4v) is 1.58. The zero-order chi connectivity index (χ0) is 12.1. The summed E-state index contributed by atoms with van der Waals surface area (Å²) in [7, 11) is 0. The lowest BCUT2D eigenvalue weighted by molar-refractivity contribution is 1.08. The van der Waals surface area contributed by atoms with Crippen molar-refractivity contribution in [3.8, 4) is 0 Å². The van der Waals surface area contributed by atoms with Crippen molar-refractivity contribution in [1.29, 1.82) is 0 Å². The Hall–Kier alpha value is -2.01. The van der Waals surface area contributed by atoms with E-state index in [1.165, 1.54) is 11.9 Å². The molecule has 0 fully saturated rings. The van der Waals surface area contributed by atoms with Crippen LogP contribution >= 0.6 is 12.2 Å². The summed E-state index contributed by atoms with van der Waals surface area (Å²) < 4.78 is 0. The smallest absolute Gasteiger partial charge is 0.139 e. The molecule has 2 rings (SSSR count). The largest absolute Gasteiger partial charge is 0.389 e. The number of nitrogens with zero attached hydrogens (tertiary/aromatic N) is 2. The minimum atomic E-state index is 0.293. The number of nitrogens with one attached hydrogen (secondary N) is 1. The van der Waals surface area contributed by atoms with E-state index in [-0.39, 0.29) is 0 Å². The maximum Gasteiger partial charge on any atom is 0.139 e. The van der Waals surface area contributed by atoms with Crippen LogP contribution in [0, 0.1) is 0 Å². The average molecular weight is 244 g/mol. The highest BCUT2D eigenvalue weighted by Crippen LogP contribution is 2.11. The first-order chi connectivity index (χ1) is 8.27. The second-order valence-electron chi connectivity index (χ2n) is 3.49. The average Bonchev–Trinajstić information content (AvgIpc) is 2.38. The van der Waals surface area contributed by atoms with Crippen molar-refractivity contribution in [3.63, 3.8) is 0 Å². The summed E-state index contributed by atoms with van der Waals surface area (Å²) in [4.78, 5) is 8.32. The van der Waals surface area contributed by atoms with Crippen molar-refractivity contribution >= 4 is 23.0 Å². The summed E-state index contributed by atoms with van der Waals surface area (Å²) >= 11 is 4.94. The Balaban J connectivity index is 2.12. The monoisotopic (exact) mass is 244 g/mol. The molecule has 5 heteroatoms. The summed E-state index contributed by atoms with van der Waals surface area (Å²) in [5.41, 5.74) is 7.43. The van der Waals surface area contributed by atoms with Crippen molar-refractivity contribution in [2.45, 2.75) is 6.54 Å².